The van der Waals surface area contributed by atoms with Crippen LogP contribution in [0.2, 0.25) is 0 Å². The average molecular weight is 439 g/mol. The van der Waals surface area contributed by atoms with Gasteiger partial charge in [-0.15, -0.1) is 0 Å². The lowest BCUT2D eigenvalue weighted by Crippen LogP contribution is -2.74. The second-order valence-electron chi connectivity index (χ2n) is 9.20. The first kappa shape index (κ1) is 20.6. The number of rotatable bonds is 5. The van der Waals surface area contributed by atoms with E-state index in [1.54, 1.807) is 0 Å². The summed E-state index contributed by atoms with van der Waals surface area (Å²) in [7, 11) is 0. The number of aryl methyl sites for hydroxylation is 2. The Hall–Kier alpha value is -2.28. The molecule has 0 aliphatic carbocycles. The zero-order valence-electron chi connectivity index (χ0n) is 18.3. The zero-order chi connectivity index (χ0) is 21.4. The maximum Gasteiger partial charge on any atom is 0.229 e. The van der Waals surface area contributed by atoms with E-state index >= 15 is 0 Å². The van der Waals surface area contributed by atoms with Gasteiger partial charge in [-0.3, -0.25) is 9.80 Å². The van der Waals surface area contributed by atoms with Crippen LogP contribution < -0.4 is 10.2 Å². The highest BCUT2D eigenvalue weighted by molar-refractivity contribution is 7.10. The summed E-state index contributed by atoms with van der Waals surface area (Å²) in [5.41, 5.74) is 1.99. The molecule has 1 N–H and O–H groups in total. The topological polar surface area (TPSA) is 84.2 Å². The van der Waals surface area contributed by atoms with Gasteiger partial charge in [0.1, 0.15) is 10.8 Å². The normalized spacial score (nSPS) is 23.6. The second kappa shape index (κ2) is 8.34. The lowest BCUT2D eigenvalue weighted by Gasteiger charge is -2.59. The van der Waals surface area contributed by atoms with Crippen LogP contribution in [0.5, 0.6) is 0 Å². The molecule has 0 unspecified atom stereocenters. The predicted molar refractivity (Wildman–Crippen MR) is 123 cm³/mol. The Labute approximate surface area is 188 Å². The van der Waals surface area contributed by atoms with Crippen molar-refractivity contribution < 1.29 is 0 Å². The summed E-state index contributed by atoms with van der Waals surface area (Å²) < 4.78 is 4.31. The molecule has 164 valence electrons. The maximum absolute atomic E-state index is 9.61. The first-order valence-electron chi connectivity index (χ1n) is 11.2. The van der Waals surface area contributed by atoms with Crippen LogP contribution in [0.3, 0.4) is 0 Å². The summed E-state index contributed by atoms with van der Waals surface area (Å²) in [6.07, 6.45) is 6.41. The first-order chi connectivity index (χ1) is 15.1. The molecule has 3 aliphatic rings. The van der Waals surface area contributed by atoms with E-state index in [0.29, 0.717) is 18.4 Å². The van der Waals surface area contributed by atoms with E-state index in [9.17, 15) is 5.26 Å². The van der Waals surface area contributed by atoms with Crippen molar-refractivity contribution in [3.8, 4) is 6.07 Å². The lowest BCUT2D eigenvalue weighted by molar-refractivity contribution is -0.0249. The number of hydrogen-bond acceptors (Lipinski definition) is 9. The SMILES string of the molecule is Cc1cc(Nc2ncc(C)c(N3CC(CC#N)(N4CCN5CCCC[C@@H]5C4)C3)n2)sn1. The smallest absolute Gasteiger partial charge is 0.229 e. The number of fused-ring (bicyclic) bond motifs is 1. The van der Waals surface area contributed by atoms with E-state index in [0.717, 1.165) is 54.8 Å². The Morgan fingerprint density at radius 1 is 1.26 bits per heavy atom. The molecule has 2 aromatic rings. The van der Waals surface area contributed by atoms with Crippen molar-refractivity contribution in [2.45, 2.75) is 51.1 Å². The summed E-state index contributed by atoms with van der Waals surface area (Å²) in [6.45, 7) is 10.3. The molecule has 0 saturated carbocycles. The van der Waals surface area contributed by atoms with Crippen LogP contribution in [-0.4, -0.2) is 75.0 Å². The Morgan fingerprint density at radius 2 is 2.13 bits per heavy atom. The minimum absolute atomic E-state index is 0.0575. The van der Waals surface area contributed by atoms with Gasteiger partial charge in [-0.2, -0.15) is 14.6 Å². The number of anilines is 3. The van der Waals surface area contributed by atoms with Crippen LogP contribution in [-0.2, 0) is 0 Å². The van der Waals surface area contributed by atoms with Gasteiger partial charge in [-0.1, -0.05) is 6.42 Å². The van der Waals surface area contributed by atoms with Gasteiger partial charge in [-0.25, -0.2) is 4.98 Å². The van der Waals surface area contributed by atoms with Gasteiger partial charge in [0.25, 0.3) is 0 Å². The minimum Gasteiger partial charge on any atom is -0.352 e. The van der Waals surface area contributed by atoms with Crippen LogP contribution in [0.4, 0.5) is 16.8 Å². The number of nitriles is 1. The van der Waals surface area contributed by atoms with Crippen LogP contribution in [0.25, 0.3) is 0 Å². The van der Waals surface area contributed by atoms with Gasteiger partial charge < -0.3 is 10.2 Å². The van der Waals surface area contributed by atoms with Gasteiger partial charge in [0, 0.05) is 50.5 Å². The summed E-state index contributed by atoms with van der Waals surface area (Å²) in [5.74, 6) is 1.56. The minimum atomic E-state index is -0.0575. The standard InChI is InChI=1S/C22H30N8S/c1-16-12-24-21(25-19-11-17(2)27-31-19)26-20(16)29-14-22(15-29,6-7-23)30-10-9-28-8-4-3-5-18(28)13-30/h11-12,18H,3-6,8-10,13-15H2,1-2H3,(H,24,25,26)/t18-/m1/s1. The molecule has 9 heteroatoms. The molecule has 2 aromatic heterocycles. The molecular formula is C22H30N8S. The van der Waals surface area contributed by atoms with Gasteiger partial charge in [0.05, 0.1) is 23.7 Å². The summed E-state index contributed by atoms with van der Waals surface area (Å²) >= 11 is 1.42. The highest BCUT2D eigenvalue weighted by Gasteiger charge is 2.50. The number of nitrogens with one attached hydrogen (secondary N) is 1. The van der Waals surface area contributed by atoms with Crippen molar-refractivity contribution in [2.24, 2.45) is 0 Å². The van der Waals surface area contributed by atoms with Crippen molar-refractivity contribution in [1.29, 1.82) is 5.26 Å². The highest BCUT2D eigenvalue weighted by Crippen LogP contribution is 2.38. The number of piperidine rings is 1. The molecule has 5 heterocycles. The summed E-state index contributed by atoms with van der Waals surface area (Å²) in [6, 6.07) is 5.14. The first-order valence-corrected chi connectivity index (χ1v) is 12.0. The summed E-state index contributed by atoms with van der Waals surface area (Å²) in [5, 5.41) is 13.8. The van der Waals surface area contributed by atoms with Crippen LogP contribution in [0.1, 0.15) is 36.9 Å². The molecule has 5 rings (SSSR count). The molecule has 8 nitrogen and oxygen atoms in total. The Bertz CT molecular complexity index is 976. The third-order valence-electron chi connectivity index (χ3n) is 6.99. The van der Waals surface area contributed by atoms with Gasteiger partial charge in [0.15, 0.2) is 0 Å². The molecular weight excluding hydrogens is 408 g/mol. The van der Waals surface area contributed by atoms with Crippen molar-refractivity contribution >= 4 is 28.3 Å². The van der Waals surface area contributed by atoms with E-state index in [2.05, 4.69) is 42.4 Å². The van der Waals surface area contributed by atoms with Gasteiger partial charge >= 0.3 is 0 Å². The fraction of sp³-hybridized carbons (Fsp3) is 0.636. The van der Waals surface area contributed by atoms with E-state index < -0.39 is 0 Å². The highest BCUT2D eigenvalue weighted by atomic mass is 32.1. The number of hydrogen-bond donors (Lipinski definition) is 1. The largest absolute Gasteiger partial charge is 0.352 e. The Morgan fingerprint density at radius 3 is 2.90 bits per heavy atom. The van der Waals surface area contributed by atoms with E-state index in [1.165, 1.54) is 37.3 Å². The Kier molecular flexibility index (Phi) is 5.54. The lowest BCUT2D eigenvalue weighted by atomic mass is 9.82. The van der Waals surface area contributed by atoms with Crippen molar-refractivity contribution in [1.82, 2.24) is 24.1 Å². The molecule has 0 amide bonds. The molecule has 1 atom stereocenters. The van der Waals surface area contributed by atoms with E-state index in [4.69, 9.17) is 4.98 Å². The van der Waals surface area contributed by atoms with Crippen molar-refractivity contribution in [2.75, 3.05) is 49.5 Å². The number of aromatic nitrogens is 3. The van der Waals surface area contributed by atoms with Crippen LogP contribution in [0.15, 0.2) is 12.3 Å². The molecule has 3 fully saturated rings. The van der Waals surface area contributed by atoms with Gasteiger partial charge in [0.2, 0.25) is 5.95 Å². The van der Waals surface area contributed by atoms with E-state index in [-0.39, 0.29) is 5.54 Å². The van der Waals surface area contributed by atoms with Crippen LogP contribution in [0, 0.1) is 25.2 Å². The van der Waals surface area contributed by atoms with Gasteiger partial charge in [-0.05, 0) is 50.8 Å². The van der Waals surface area contributed by atoms with Crippen molar-refractivity contribution in [3.05, 3.63) is 23.5 Å². The second-order valence-corrected chi connectivity index (χ2v) is 10.0. The zero-order valence-corrected chi connectivity index (χ0v) is 19.2. The summed E-state index contributed by atoms with van der Waals surface area (Å²) in [4.78, 5) is 16.8. The quantitative estimate of drug-likeness (QED) is 0.763. The molecule has 3 aliphatic heterocycles. The number of nitrogens with zero attached hydrogens (tertiary/aromatic N) is 7. The molecule has 0 aromatic carbocycles. The third-order valence-corrected chi connectivity index (χ3v) is 7.79. The van der Waals surface area contributed by atoms with Crippen LogP contribution >= 0.6 is 11.5 Å². The monoisotopic (exact) mass is 438 g/mol. The average Bonchev–Trinajstić information content (AvgIpc) is 3.16. The number of piperazine rings is 1. The fourth-order valence-electron chi connectivity index (χ4n) is 5.32. The molecule has 3 saturated heterocycles. The fourth-order valence-corrected chi connectivity index (χ4v) is 5.97. The predicted octanol–water partition coefficient (Wildman–Crippen LogP) is 2.94. The molecule has 0 spiro atoms. The van der Waals surface area contributed by atoms with E-state index in [1.807, 2.05) is 19.2 Å². The maximum atomic E-state index is 9.61. The third kappa shape index (κ3) is 4.00. The molecule has 0 bridgehead atoms. The van der Waals surface area contributed by atoms with Crippen molar-refractivity contribution in [3.63, 3.8) is 0 Å². The Balaban J connectivity index is 1.30. The molecule has 0 radical (unpaired) electrons. The molecule has 31 heavy (non-hydrogen) atoms.